The van der Waals surface area contributed by atoms with Gasteiger partial charge in [-0.1, -0.05) is 18.9 Å². The molecule has 2 aromatic rings. The Balaban J connectivity index is 1.56. The highest BCUT2D eigenvalue weighted by Gasteiger charge is 2.17. The van der Waals surface area contributed by atoms with E-state index < -0.39 is 0 Å². The van der Waals surface area contributed by atoms with Gasteiger partial charge in [0.15, 0.2) is 0 Å². The van der Waals surface area contributed by atoms with Crippen LogP contribution in [-0.2, 0) is 6.54 Å². The topological polar surface area (TPSA) is 42.7 Å². The lowest BCUT2D eigenvalue weighted by Gasteiger charge is -2.13. The molecular weight excluding hydrogens is 248 g/mol. The number of rotatable bonds is 5. The fraction of sp³-hybridized carbons (Fsp3) is 0.500. The molecule has 4 heteroatoms. The van der Waals surface area contributed by atoms with Crippen molar-refractivity contribution in [3.63, 3.8) is 0 Å². The molecule has 3 rings (SSSR count). The first-order valence-electron chi connectivity index (χ1n) is 7.50. The lowest BCUT2D eigenvalue weighted by Crippen LogP contribution is -2.18. The Morgan fingerprint density at radius 1 is 1.35 bits per heavy atom. The van der Waals surface area contributed by atoms with E-state index >= 15 is 0 Å². The van der Waals surface area contributed by atoms with Gasteiger partial charge in [0, 0.05) is 31.2 Å². The molecule has 0 unspecified atom stereocenters. The summed E-state index contributed by atoms with van der Waals surface area (Å²) in [4.78, 5) is 4.16. The summed E-state index contributed by atoms with van der Waals surface area (Å²) in [5.41, 5.74) is 2.33. The Kier molecular flexibility index (Phi) is 4.11. The van der Waals surface area contributed by atoms with Crippen LogP contribution in [-0.4, -0.2) is 14.8 Å². The zero-order chi connectivity index (χ0) is 13.8. The minimum absolute atomic E-state index is 0.292. The molecule has 1 fully saturated rings. The van der Waals surface area contributed by atoms with Gasteiger partial charge in [0.2, 0.25) is 0 Å². The van der Waals surface area contributed by atoms with Crippen LogP contribution in [0.1, 0.15) is 55.9 Å². The summed E-state index contributed by atoms with van der Waals surface area (Å²) in [6.07, 6.45) is 11.1. The van der Waals surface area contributed by atoms with E-state index in [-0.39, 0.29) is 0 Å². The lowest BCUT2D eigenvalue weighted by molar-refractivity contribution is 0.458. The van der Waals surface area contributed by atoms with Gasteiger partial charge in [-0.15, -0.1) is 0 Å². The first kappa shape index (κ1) is 13.3. The van der Waals surface area contributed by atoms with E-state index in [0.29, 0.717) is 12.1 Å². The Morgan fingerprint density at radius 2 is 2.20 bits per heavy atom. The van der Waals surface area contributed by atoms with Gasteiger partial charge in [0.25, 0.3) is 0 Å². The Morgan fingerprint density at radius 3 is 2.95 bits per heavy atom. The van der Waals surface area contributed by atoms with Gasteiger partial charge in [-0.3, -0.25) is 9.67 Å². The van der Waals surface area contributed by atoms with Gasteiger partial charge < -0.3 is 5.32 Å². The summed E-state index contributed by atoms with van der Waals surface area (Å²) < 4.78 is 2.15. The average Bonchev–Trinajstić information content (AvgIpc) is 3.16. The van der Waals surface area contributed by atoms with Crippen molar-refractivity contribution < 1.29 is 0 Å². The van der Waals surface area contributed by atoms with Crippen molar-refractivity contribution in [2.24, 2.45) is 0 Å². The summed E-state index contributed by atoms with van der Waals surface area (Å²) in [5.74, 6) is 0. The van der Waals surface area contributed by atoms with Crippen LogP contribution in [0.3, 0.4) is 0 Å². The molecule has 0 saturated heterocycles. The number of nitrogens with one attached hydrogen (secondary N) is 1. The van der Waals surface area contributed by atoms with Crippen LogP contribution in [0, 0.1) is 0 Å². The molecule has 0 aromatic carbocycles. The fourth-order valence-electron chi connectivity index (χ4n) is 2.85. The molecule has 1 atom stereocenters. The Bertz CT molecular complexity index is 528. The van der Waals surface area contributed by atoms with Gasteiger partial charge in [0.05, 0.1) is 11.7 Å². The molecule has 2 heterocycles. The molecule has 1 saturated carbocycles. The monoisotopic (exact) mass is 270 g/mol. The van der Waals surface area contributed by atoms with Crippen LogP contribution in [0.4, 0.5) is 0 Å². The third-order valence-electron chi connectivity index (χ3n) is 4.14. The predicted molar refractivity (Wildman–Crippen MR) is 79.2 cm³/mol. The normalized spacial score (nSPS) is 17.4. The first-order valence-corrected chi connectivity index (χ1v) is 7.50. The van der Waals surface area contributed by atoms with E-state index in [2.05, 4.69) is 40.2 Å². The second-order valence-electron chi connectivity index (χ2n) is 5.61. The molecule has 2 aromatic heterocycles. The molecule has 1 N–H and O–H groups in total. The summed E-state index contributed by atoms with van der Waals surface area (Å²) in [6.45, 7) is 2.96. The zero-order valence-electron chi connectivity index (χ0n) is 12.0. The van der Waals surface area contributed by atoms with Gasteiger partial charge in [0.1, 0.15) is 0 Å². The quantitative estimate of drug-likeness (QED) is 0.907. The minimum Gasteiger partial charge on any atom is -0.304 e. The summed E-state index contributed by atoms with van der Waals surface area (Å²) in [5, 5.41) is 8.20. The van der Waals surface area contributed by atoms with Crippen molar-refractivity contribution in [3.05, 3.63) is 48.0 Å². The summed E-state index contributed by atoms with van der Waals surface area (Å²) in [6, 6.07) is 7.12. The van der Waals surface area contributed by atoms with Crippen LogP contribution < -0.4 is 5.32 Å². The maximum Gasteiger partial charge on any atom is 0.0762 e. The van der Waals surface area contributed by atoms with Gasteiger partial charge in [-0.25, -0.2) is 0 Å². The highest BCUT2D eigenvalue weighted by molar-refractivity contribution is 5.13. The predicted octanol–water partition coefficient (Wildman–Crippen LogP) is 3.24. The number of aromatic nitrogens is 3. The fourth-order valence-corrected chi connectivity index (χ4v) is 2.85. The average molecular weight is 270 g/mol. The lowest BCUT2D eigenvalue weighted by atomic mass is 10.1. The van der Waals surface area contributed by atoms with E-state index in [4.69, 9.17) is 5.10 Å². The third-order valence-corrected chi connectivity index (χ3v) is 4.14. The van der Waals surface area contributed by atoms with Crippen LogP contribution >= 0.6 is 0 Å². The van der Waals surface area contributed by atoms with Crippen molar-refractivity contribution in [2.75, 3.05) is 0 Å². The molecule has 4 nitrogen and oxygen atoms in total. The van der Waals surface area contributed by atoms with E-state index in [0.717, 1.165) is 12.2 Å². The molecule has 0 bridgehead atoms. The van der Waals surface area contributed by atoms with E-state index in [1.165, 1.54) is 31.2 Å². The molecule has 0 aliphatic heterocycles. The van der Waals surface area contributed by atoms with Gasteiger partial charge >= 0.3 is 0 Å². The standard InChI is InChI=1S/C16H22N4/c1-13(14-5-4-9-17-11-14)18-12-15-8-10-20(19-15)16-6-2-3-7-16/h4-5,8-11,13,16,18H,2-3,6-7,12H2,1H3/t13-/m1/s1. The van der Waals surface area contributed by atoms with Crippen molar-refractivity contribution in [3.8, 4) is 0 Å². The molecule has 106 valence electrons. The highest BCUT2D eigenvalue weighted by atomic mass is 15.3. The van der Waals surface area contributed by atoms with E-state index in [1.807, 2.05) is 12.3 Å². The largest absolute Gasteiger partial charge is 0.304 e. The number of hydrogen-bond acceptors (Lipinski definition) is 3. The number of hydrogen-bond donors (Lipinski definition) is 1. The van der Waals surface area contributed by atoms with Crippen LogP contribution in [0.5, 0.6) is 0 Å². The molecular formula is C16H22N4. The Labute approximate surface area is 120 Å². The van der Waals surface area contributed by atoms with Crippen molar-refractivity contribution in [1.29, 1.82) is 0 Å². The van der Waals surface area contributed by atoms with Crippen molar-refractivity contribution >= 4 is 0 Å². The maximum atomic E-state index is 4.70. The molecule has 20 heavy (non-hydrogen) atoms. The highest BCUT2D eigenvalue weighted by Crippen LogP contribution is 2.28. The van der Waals surface area contributed by atoms with Gasteiger partial charge in [-0.05, 0) is 37.5 Å². The third kappa shape index (κ3) is 3.07. The zero-order valence-corrected chi connectivity index (χ0v) is 12.0. The van der Waals surface area contributed by atoms with Crippen LogP contribution in [0.25, 0.3) is 0 Å². The Hall–Kier alpha value is -1.68. The molecule has 0 spiro atoms. The molecule has 1 aliphatic carbocycles. The minimum atomic E-state index is 0.292. The maximum absolute atomic E-state index is 4.70. The summed E-state index contributed by atoms with van der Waals surface area (Å²) >= 11 is 0. The second-order valence-corrected chi connectivity index (χ2v) is 5.61. The number of pyridine rings is 1. The molecule has 1 aliphatic rings. The van der Waals surface area contributed by atoms with Crippen LogP contribution in [0.2, 0.25) is 0 Å². The van der Waals surface area contributed by atoms with E-state index in [1.54, 1.807) is 6.20 Å². The van der Waals surface area contributed by atoms with Gasteiger partial charge in [-0.2, -0.15) is 5.10 Å². The van der Waals surface area contributed by atoms with Crippen molar-refractivity contribution in [1.82, 2.24) is 20.1 Å². The SMILES string of the molecule is C[C@@H](NCc1ccn(C2CCCC2)n1)c1cccnc1. The summed E-state index contributed by atoms with van der Waals surface area (Å²) in [7, 11) is 0. The second kappa shape index (κ2) is 6.18. The van der Waals surface area contributed by atoms with E-state index in [9.17, 15) is 0 Å². The van der Waals surface area contributed by atoms with Crippen LogP contribution in [0.15, 0.2) is 36.8 Å². The first-order chi connectivity index (χ1) is 9.83. The molecule has 0 radical (unpaired) electrons. The number of nitrogens with zero attached hydrogens (tertiary/aromatic N) is 3. The molecule has 0 amide bonds. The smallest absolute Gasteiger partial charge is 0.0762 e. The van der Waals surface area contributed by atoms with Crippen molar-refractivity contribution in [2.45, 2.75) is 51.2 Å².